The molecule has 0 rings (SSSR count). The molecule has 0 heterocycles. The minimum Gasteiger partial charge on any atom is -0.394 e. The highest BCUT2D eigenvalue weighted by Crippen LogP contribution is 1.94. The molecule has 2 atom stereocenters. The Kier molecular flexibility index (Phi) is 9.29. The highest BCUT2D eigenvalue weighted by atomic mass is 16.5. The molecule has 14 heavy (non-hydrogen) atoms. The van der Waals surface area contributed by atoms with Gasteiger partial charge in [0.25, 0.3) is 0 Å². The fraction of sp³-hybridized carbons (Fsp3) is 1.00. The molecule has 0 amide bonds. The van der Waals surface area contributed by atoms with Gasteiger partial charge in [-0.15, -0.1) is 0 Å². The van der Waals surface area contributed by atoms with Crippen LogP contribution in [0.2, 0.25) is 0 Å². The van der Waals surface area contributed by atoms with Crippen molar-refractivity contribution < 1.29 is 19.7 Å². The SMILES string of the molecule is CCCCOCC(O)COC(C)CO. The van der Waals surface area contributed by atoms with Gasteiger partial charge in [0.1, 0.15) is 6.10 Å². The molecule has 4 nitrogen and oxygen atoms in total. The van der Waals surface area contributed by atoms with Crippen LogP contribution in [0.4, 0.5) is 0 Å². The van der Waals surface area contributed by atoms with Crippen LogP contribution in [-0.4, -0.2) is 48.8 Å². The molecule has 0 fully saturated rings. The minimum absolute atomic E-state index is 0.0244. The fourth-order valence-corrected chi connectivity index (χ4v) is 0.842. The zero-order chi connectivity index (χ0) is 10.8. The largest absolute Gasteiger partial charge is 0.394 e. The van der Waals surface area contributed by atoms with E-state index in [1.807, 2.05) is 0 Å². The number of hydrogen-bond acceptors (Lipinski definition) is 4. The molecule has 0 saturated carbocycles. The molecule has 0 aromatic carbocycles. The van der Waals surface area contributed by atoms with E-state index in [2.05, 4.69) is 6.92 Å². The maximum absolute atomic E-state index is 9.36. The Balaban J connectivity index is 3.23. The van der Waals surface area contributed by atoms with E-state index in [-0.39, 0.29) is 19.3 Å². The van der Waals surface area contributed by atoms with Crippen molar-refractivity contribution >= 4 is 0 Å². The van der Waals surface area contributed by atoms with Gasteiger partial charge in [0.05, 0.1) is 25.9 Å². The smallest absolute Gasteiger partial charge is 0.101 e. The van der Waals surface area contributed by atoms with Crippen molar-refractivity contribution in [2.75, 3.05) is 26.4 Å². The number of unbranched alkanes of at least 4 members (excludes halogenated alkanes) is 1. The van der Waals surface area contributed by atoms with E-state index in [4.69, 9.17) is 14.6 Å². The maximum Gasteiger partial charge on any atom is 0.101 e. The monoisotopic (exact) mass is 206 g/mol. The van der Waals surface area contributed by atoms with Gasteiger partial charge in [-0.3, -0.25) is 0 Å². The van der Waals surface area contributed by atoms with E-state index in [0.717, 1.165) is 12.8 Å². The molecule has 0 aliphatic rings. The third kappa shape index (κ3) is 8.44. The van der Waals surface area contributed by atoms with Gasteiger partial charge in [-0.25, -0.2) is 0 Å². The summed E-state index contributed by atoms with van der Waals surface area (Å²) in [6, 6.07) is 0. The van der Waals surface area contributed by atoms with E-state index < -0.39 is 6.10 Å². The van der Waals surface area contributed by atoms with Crippen LogP contribution in [0.1, 0.15) is 26.7 Å². The van der Waals surface area contributed by atoms with Crippen LogP contribution < -0.4 is 0 Å². The molecule has 0 aliphatic carbocycles. The lowest BCUT2D eigenvalue weighted by atomic mass is 10.3. The summed E-state index contributed by atoms with van der Waals surface area (Å²) in [5.74, 6) is 0. The summed E-state index contributed by atoms with van der Waals surface area (Å²) in [4.78, 5) is 0. The summed E-state index contributed by atoms with van der Waals surface area (Å²) in [5.41, 5.74) is 0. The van der Waals surface area contributed by atoms with E-state index in [0.29, 0.717) is 13.2 Å². The Hall–Kier alpha value is -0.160. The highest BCUT2D eigenvalue weighted by Gasteiger charge is 2.07. The van der Waals surface area contributed by atoms with Crippen molar-refractivity contribution in [1.82, 2.24) is 0 Å². The van der Waals surface area contributed by atoms with Crippen LogP contribution >= 0.6 is 0 Å². The summed E-state index contributed by atoms with van der Waals surface area (Å²) in [6.07, 6.45) is 1.29. The van der Waals surface area contributed by atoms with Crippen molar-refractivity contribution in [3.05, 3.63) is 0 Å². The standard InChI is InChI=1S/C10H22O4/c1-3-4-5-13-7-10(12)8-14-9(2)6-11/h9-12H,3-8H2,1-2H3. The molecule has 0 aromatic rings. The van der Waals surface area contributed by atoms with Gasteiger partial charge in [-0.2, -0.15) is 0 Å². The van der Waals surface area contributed by atoms with Gasteiger partial charge in [0, 0.05) is 6.61 Å². The quantitative estimate of drug-likeness (QED) is 0.541. The van der Waals surface area contributed by atoms with Crippen LogP contribution in [0, 0.1) is 0 Å². The van der Waals surface area contributed by atoms with Crippen LogP contribution in [0.25, 0.3) is 0 Å². The van der Waals surface area contributed by atoms with E-state index >= 15 is 0 Å². The summed E-state index contributed by atoms with van der Waals surface area (Å²) in [6.45, 7) is 5.02. The molecule has 0 aliphatic heterocycles. The molecule has 0 spiro atoms. The molecule has 86 valence electrons. The van der Waals surface area contributed by atoms with E-state index in [1.165, 1.54) is 0 Å². The second-order valence-electron chi connectivity index (χ2n) is 3.41. The Morgan fingerprint density at radius 3 is 2.57 bits per heavy atom. The van der Waals surface area contributed by atoms with Gasteiger partial charge in [-0.1, -0.05) is 13.3 Å². The second-order valence-corrected chi connectivity index (χ2v) is 3.41. The lowest BCUT2D eigenvalue weighted by molar-refractivity contribution is -0.0520. The van der Waals surface area contributed by atoms with Crippen molar-refractivity contribution in [2.24, 2.45) is 0 Å². The maximum atomic E-state index is 9.36. The molecule has 0 bridgehead atoms. The highest BCUT2D eigenvalue weighted by molar-refractivity contribution is 4.54. The first-order valence-electron chi connectivity index (χ1n) is 5.19. The van der Waals surface area contributed by atoms with Gasteiger partial charge >= 0.3 is 0 Å². The predicted molar refractivity (Wildman–Crippen MR) is 54.2 cm³/mol. The lowest BCUT2D eigenvalue weighted by Gasteiger charge is -2.14. The van der Waals surface area contributed by atoms with E-state index in [1.54, 1.807) is 6.92 Å². The zero-order valence-corrected chi connectivity index (χ0v) is 9.11. The summed E-state index contributed by atoms with van der Waals surface area (Å²) in [5, 5.41) is 18.0. The number of hydrogen-bond donors (Lipinski definition) is 2. The summed E-state index contributed by atoms with van der Waals surface area (Å²) >= 11 is 0. The number of aliphatic hydroxyl groups is 2. The summed E-state index contributed by atoms with van der Waals surface area (Å²) < 4.78 is 10.3. The Labute approximate surface area is 85.8 Å². The van der Waals surface area contributed by atoms with Crippen LogP contribution in [0.3, 0.4) is 0 Å². The van der Waals surface area contributed by atoms with Gasteiger partial charge in [-0.05, 0) is 13.3 Å². The Bertz CT molecular complexity index is 119. The molecular formula is C10H22O4. The average molecular weight is 206 g/mol. The molecule has 0 saturated heterocycles. The molecule has 0 radical (unpaired) electrons. The van der Waals surface area contributed by atoms with Crippen molar-refractivity contribution in [2.45, 2.75) is 38.9 Å². The lowest BCUT2D eigenvalue weighted by Crippen LogP contribution is -2.26. The molecule has 0 aromatic heterocycles. The minimum atomic E-state index is -0.596. The second kappa shape index (κ2) is 9.40. The molecular weight excluding hydrogens is 184 g/mol. The van der Waals surface area contributed by atoms with Gasteiger partial charge in [0.15, 0.2) is 0 Å². The van der Waals surface area contributed by atoms with Crippen molar-refractivity contribution in [3.8, 4) is 0 Å². The molecule has 4 heteroatoms. The first kappa shape index (κ1) is 13.8. The predicted octanol–water partition coefficient (Wildman–Crippen LogP) is 0.561. The fourth-order valence-electron chi connectivity index (χ4n) is 0.842. The molecule has 2 N–H and O–H groups in total. The van der Waals surface area contributed by atoms with Crippen molar-refractivity contribution in [1.29, 1.82) is 0 Å². The van der Waals surface area contributed by atoms with Crippen LogP contribution in [0.15, 0.2) is 0 Å². The Morgan fingerprint density at radius 1 is 1.29 bits per heavy atom. The van der Waals surface area contributed by atoms with Crippen LogP contribution in [-0.2, 0) is 9.47 Å². The first-order valence-corrected chi connectivity index (χ1v) is 5.19. The summed E-state index contributed by atoms with van der Waals surface area (Å²) in [7, 11) is 0. The van der Waals surface area contributed by atoms with Crippen molar-refractivity contribution in [3.63, 3.8) is 0 Å². The van der Waals surface area contributed by atoms with Gasteiger partial charge < -0.3 is 19.7 Å². The first-order chi connectivity index (χ1) is 6.70. The molecule has 2 unspecified atom stereocenters. The third-order valence-corrected chi connectivity index (χ3v) is 1.78. The van der Waals surface area contributed by atoms with E-state index in [9.17, 15) is 5.11 Å². The number of aliphatic hydroxyl groups excluding tert-OH is 2. The third-order valence-electron chi connectivity index (χ3n) is 1.78. The normalized spacial score (nSPS) is 15.4. The van der Waals surface area contributed by atoms with Crippen LogP contribution in [0.5, 0.6) is 0 Å². The van der Waals surface area contributed by atoms with Gasteiger partial charge in [0.2, 0.25) is 0 Å². The number of rotatable bonds is 9. The topological polar surface area (TPSA) is 58.9 Å². The number of ether oxygens (including phenoxy) is 2. The average Bonchev–Trinajstić information content (AvgIpc) is 2.21. The zero-order valence-electron chi connectivity index (χ0n) is 9.11. The Morgan fingerprint density at radius 2 is 2.00 bits per heavy atom.